The van der Waals surface area contributed by atoms with Crippen LogP contribution in [0.1, 0.15) is 41.6 Å². The monoisotopic (exact) mass is 262 g/mol. The zero-order valence-corrected chi connectivity index (χ0v) is 11.4. The van der Waals surface area contributed by atoms with Crippen molar-refractivity contribution in [2.24, 2.45) is 0 Å². The normalized spacial score (nSPS) is 19.1. The van der Waals surface area contributed by atoms with Gasteiger partial charge in [-0.05, 0) is 44.9 Å². The number of carbonyl (C=O) groups is 1. The van der Waals surface area contributed by atoms with Crippen LogP contribution in [0.25, 0.3) is 0 Å². The predicted molar refractivity (Wildman–Crippen MR) is 75.4 cm³/mol. The first-order valence-corrected chi connectivity index (χ1v) is 6.98. The maximum atomic E-state index is 12.0. The van der Waals surface area contributed by atoms with E-state index in [0.717, 1.165) is 18.5 Å². The van der Waals surface area contributed by atoms with Gasteiger partial charge in [-0.2, -0.15) is 0 Å². The Morgan fingerprint density at radius 3 is 3.05 bits per heavy atom. The molecule has 1 atom stereocenters. The second kappa shape index (κ2) is 6.57. The first-order valence-electron chi connectivity index (χ1n) is 6.98. The van der Waals surface area contributed by atoms with Crippen LogP contribution in [0.15, 0.2) is 18.2 Å². The topological polar surface area (TPSA) is 61.4 Å². The number of hydrogen-bond acceptors (Lipinski definition) is 3. The Bertz CT molecular complexity index is 440. The third kappa shape index (κ3) is 3.96. The first kappa shape index (κ1) is 13.9. The minimum atomic E-state index is -0.197. The van der Waals surface area contributed by atoms with Gasteiger partial charge < -0.3 is 15.7 Å². The van der Waals surface area contributed by atoms with Crippen LogP contribution < -0.4 is 10.6 Å². The standard InChI is InChI=1S/C15H22N2O2/c1-11-5-6-14(18)13(10-11)15(19)17-9-7-12-4-2-3-8-16-12/h5-6,10,12,16,18H,2-4,7-9H2,1H3,(H,17,19). The van der Waals surface area contributed by atoms with Gasteiger partial charge in [0.05, 0.1) is 5.56 Å². The highest BCUT2D eigenvalue weighted by atomic mass is 16.3. The third-order valence-corrected chi connectivity index (χ3v) is 3.59. The molecule has 0 aromatic heterocycles. The van der Waals surface area contributed by atoms with Crippen LogP contribution in [0, 0.1) is 6.92 Å². The number of aromatic hydroxyl groups is 1. The molecule has 0 saturated carbocycles. The van der Waals surface area contributed by atoms with E-state index in [0.29, 0.717) is 18.2 Å². The van der Waals surface area contributed by atoms with Gasteiger partial charge in [-0.1, -0.05) is 18.1 Å². The Morgan fingerprint density at radius 1 is 1.47 bits per heavy atom. The molecule has 1 fully saturated rings. The van der Waals surface area contributed by atoms with Gasteiger partial charge in [-0.25, -0.2) is 0 Å². The molecule has 104 valence electrons. The summed E-state index contributed by atoms with van der Waals surface area (Å²) in [5.41, 5.74) is 1.33. The van der Waals surface area contributed by atoms with Crippen LogP contribution in [-0.4, -0.2) is 30.1 Å². The van der Waals surface area contributed by atoms with Crippen molar-refractivity contribution in [3.05, 3.63) is 29.3 Å². The third-order valence-electron chi connectivity index (χ3n) is 3.59. The zero-order valence-electron chi connectivity index (χ0n) is 11.4. The summed E-state index contributed by atoms with van der Waals surface area (Å²) in [5.74, 6) is -0.157. The van der Waals surface area contributed by atoms with Crippen molar-refractivity contribution in [3.8, 4) is 5.75 Å². The maximum absolute atomic E-state index is 12.0. The van der Waals surface area contributed by atoms with Crippen molar-refractivity contribution < 1.29 is 9.90 Å². The van der Waals surface area contributed by atoms with Gasteiger partial charge in [0.2, 0.25) is 0 Å². The Labute approximate surface area is 114 Å². The minimum Gasteiger partial charge on any atom is -0.507 e. The Kier molecular flexibility index (Phi) is 4.80. The van der Waals surface area contributed by atoms with Crippen LogP contribution in [-0.2, 0) is 0 Å². The first-order chi connectivity index (χ1) is 9.16. The maximum Gasteiger partial charge on any atom is 0.255 e. The number of rotatable bonds is 4. The number of amides is 1. The number of carbonyl (C=O) groups excluding carboxylic acids is 1. The molecule has 0 aliphatic carbocycles. The molecule has 0 spiro atoms. The number of aryl methyl sites for hydroxylation is 1. The van der Waals surface area contributed by atoms with E-state index in [1.165, 1.54) is 19.3 Å². The summed E-state index contributed by atoms with van der Waals surface area (Å²) in [4.78, 5) is 12.0. The molecule has 1 amide bonds. The highest BCUT2D eigenvalue weighted by Crippen LogP contribution is 2.18. The number of benzene rings is 1. The van der Waals surface area contributed by atoms with Gasteiger partial charge in [0, 0.05) is 12.6 Å². The molecule has 1 aliphatic rings. The van der Waals surface area contributed by atoms with E-state index in [9.17, 15) is 9.90 Å². The van der Waals surface area contributed by atoms with E-state index in [1.54, 1.807) is 18.2 Å². The molecule has 2 rings (SSSR count). The second-order valence-corrected chi connectivity index (χ2v) is 5.21. The molecule has 1 saturated heterocycles. The molecule has 0 radical (unpaired) electrons. The lowest BCUT2D eigenvalue weighted by atomic mass is 10.0. The number of hydrogen-bond donors (Lipinski definition) is 3. The highest BCUT2D eigenvalue weighted by Gasteiger charge is 2.14. The molecule has 4 heteroatoms. The largest absolute Gasteiger partial charge is 0.507 e. The number of phenols is 1. The van der Waals surface area contributed by atoms with Crippen LogP contribution in [0.5, 0.6) is 5.75 Å². The van der Waals surface area contributed by atoms with Gasteiger partial charge in [0.1, 0.15) is 5.75 Å². The lowest BCUT2D eigenvalue weighted by molar-refractivity contribution is 0.0949. The van der Waals surface area contributed by atoms with Gasteiger partial charge in [0.25, 0.3) is 5.91 Å². The Hall–Kier alpha value is -1.55. The summed E-state index contributed by atoms with van der Waals surface area (Å²) in [7, 11) is 0. The van der Waals surface area contributed by atoms with Crippen molar-refractivity contribution in [3.63, 3.8) is 0 Å². The molecule has 1 aromatic carbocycles. The summed E-state index contributed by atoms with van der Waals surface area (Å²) < 4.78 is 0. The van der Waals surface area contributed by atoms with Crippen molar-refractivity contribution in [1.82, 2.24) is 10.6 Å². The van der Waals surface area contributed by atoms with E-state index in [1.807, 2.05) is 6.92 Å². The molecule has 1 heterocycles. The van der Waals surface area contributed by atoms with Gasteiger partial charge in [-0.15, -0.1) is 0 Å². The summed E-state index contributed by atoms with van der Waals surface area (Å²) in [6, 6.07) is 5.58. The van der Waals surface area contributed by atoms with Crippen LogP contribution in [0.2, 0.25) is 0 Å². The SMILES string of the molecule is Cc1ccc(O)c(C(=O)NCCC2CCCCN2)c1. The fraction of sp³-hybridized carbons (Fsp3) is 0.533. The molecule has 3 N–H and O–H groups in total. The fourth-order valence-electron chi connectivity index (χ4n) is 2.46. The van der Waals surface area contributed by atoms with E-state index in [2.05, 4.69) is 10.6 Å². The number of piperidine rings is 1. The Balaban J connectivity index is 1.82. The zero-order chi connectivity index (χ0) is 13.7. The molecular weight excluding hydrogens is 240 g/mol. The predicted octanol–water partition coefficient (Wildman–Crippen LogP) is 1.96. The van der Waals surface area contributed by atoms with Crippen molar-refractivity contribution in [2.75, 3.05) is 13.1 Å². The van der Waals surface area contributed by atoms with Crippen LogP contribution in [0.4, 0.5) is 0 Å². The average Bonchev–Trinajstić information content (AvgIpc) is 2.42. The molecule has 1 aliphatic heterocycles. The number of phenolic OH excluding ortho intramolecular Hbond substituents is 1. The van der Waals surface area contributed by atoms with E-state index in [4.69, 9.17) is 0 Å². The lowest BCUT2D eigenvalue weighted by Crippen LogP contribution is -2.37. The molecule has 4 nitrogen and oxygen atoms in total. The molecule has 0 bridgehead atoms. The van der Waals surface area contributed by atoms with Crippen molar-refractivity contribution in [2.45, 2.75) is 38.6 Å². The summed E-state index contributed by atoms with van der Waals surface area (Å²) in [6.45, 7) is 3.63. The smallest absolute Gasteiger partial charge is 0.255 e. The van der Waals surface area contributed by atoms with Gasteiger partial charge in [0.15, 0.2) is 0 Å². The van der Waals surface area contributed by atoms with Crippen LogP contribution in [0.3, 0.4) is 0 Å². The molecule has 1 aromatic rings. The van der Waals surface area contributed by atoms with Crippen molar-refractivity contribution in [1.29, 1.82) is 0 Å². The van der Waals surface area contributed by atoms with Crippen molar-refractivity contribution >= 4 is 5.91 Å². The molecular formula is C15H22N2O2. The van der Waals surface area contributed by atoms with Crippen LogP contribution >= 0.6 is 0 Å². The quantitative estimate of drug-likeness (QED) is 0.777. The van der Waals surface area contributed by atoms with E-state index < -0.39 is 0 Å². The molecule has 19 heavy (non-hydrogen) atoms. The van der Waals surface area contributed by atoms with E-state index in [-0.39, 0.29) is 11.7 Å². The average molecular weight is 262 g/mol. The summed E-state index contributed by atoms with van der Waals surface area (Å²) in [6.07, 6.45) is 4.65. The summed E-state index contributed by atoms with van der Waals surface area (Å²) >= 11 is 0. The summed E-state index contributed by atoms with van der Waals surface area (Å²) in [5, 5.41) is 16.0. The highest BCUT2D eigenvalue weighted by molar-refractivity contribution is 5.96. The lowest BCUT2D eigenvalue weighted by Gasteiger charge is -2.23. The second-order valence-electron chi connectivity index (χ2n) is 5.21. The molecule has 1 unspecified atom stereocenters. The van der Waals surface area contributed by atoms with Gasteiger partial charge >= 0.3 is 0 Å². The minimum absolute atomic E-state index is 0.0406. The number of nitrogens with one attached hydrogen (secondary N) is 2. The van der Waals surface area contributed by atoms with E-state index >= 15 is 0 Å². The Morgan fingerprint density at radius 2 is 2.32 bits per heavy atom. The fourth-order valence-corrected chi connectivity index (χ4v) is 2.46. The van der Waals surface area contributed by atoms with Gasteiger partial charge in [-0.3, -0.25) is 4.79 Å².